The topological polar surface area (TPSA) is 0 Å². The molecule has 0 spiro atoms. The number of hydrogen-bond acceptors (Lipinski definition) is 0. The van der Waals surface area contributed by atoms with Gasteiger partial charge < -0.3 is 0 Å². The summed E-state index contributed by atoms with van der Waals surface area (Å²) in [4.78, 5) is 0. The first-order valence-corrected chi connectivity index (χ1v) is 4.64. The van der Waals surface area contributed by atoms with Gasteiger partial charge in [0.1, 0.15) is 5.82 Å². The molecule has 0 heterocycles. The van der Waals surface area contributed by atoms with Crippen LogP contribution < -0.4 is 0 Å². The molecule has 1 aromatic rings. The van der Waals surface area contributed by atoms with Gasteiger partial charge in [-0.3, -0.25) is 0 Å². The number of rotatable bonds is 3. The molecule has 3 heteroatoms. The van der Waals surface area contributed by atoms with E-state index in [1.165, 1.54) is 0 Å². The van der Waals surface area contributed by atoms with E-state index < -0.39 is 17.5 Å². The summed E-state index contributed by atoms with van der Waals surface area (Å²) in [6.45, 7) is 3.96. The Morgan fingerprint density at radius 2 is 1.79 bits per heavy atom. The summed E-state index contributed by atoms with van der Waals surface area (Å²) in [6, 6.07) is 1.62. The van der Waals surface area contributed by atoms with Crippen LogP contribution in [-0.4, -0.2) is 0 Å². The standard InChI is InChI=1S/C11H13F3/c1-7(2)3-4-8-5-9(12)6-10(13)11(8)14/h5-7H,3-4H2,1-2H3. The average molecular weight is 202 g/mol. The highest BCUT2D eigenvalue weighted by atomic mass is 19.2. The molecular formula is C11H13F3. The zero-order valence-electron chi connectivity index (χ0n) is 8.28. The first-order chi connectivity index (χ1) is 6.50. The Morgan fingerprint density at radius 3 is 2.36 bits per heavy atom. The van der Waals surface area contributed by atoms with E-state index in [1.807, 2.05) is 13.8 Å². The van der Waals surface area contributed by atoms with Crippen molar-refractivity contribution < 1.29 is 13.2 Å². The lowest BCUT2D eigenvalue weighted by Crippen LogP contribution is -1.99. The fraction of sp³-hybridized carbons (Fsp3) is 0.455. The smallest absolute Gasteiger partial charge is 0.162 e. The van der Waals surface area contributed by atoms with Crippen molar-refractivity contribution in [3.63, 3.8) is 0 Å². The predicted molar refractivity (Wildman–Crippen MR) is 49.5 cm³/mol. The van der Waals surface area contributed by atoms with Gasteiger partial charge in [0.15, 0.2) is 11.6 Å². The first-order valence-electron chi connectivity index (χ1n) is 4.64. The number of benzene rings is 1. The van der Waals surface area contributed by atoms with Crippen molar-refractivity contribution in [1.29, 1.82) is 0 Å². The van der Waals surface area contributed by atoms with Gasteiger partial charge in [-0.05, 0) is 30.4 Å². The van der Waals surface area contributed by atoms with E-state index in [1.54, 1.807) is 0 Å². The first kappa shape index (κ1) is 11.1. The van der Waals surface area contributed by atoms with Gasteiger partial charge in [-0.2, -0.15) is 0 Å². The van der Waals surface area contributed by atoms with Gasteiger partial charge in [-0.25, -0.2) is 13.2 Å². The minimum Gasteiger partial charge on any atom is -0.207 e. The second-order valence-electron chi connectivity index (χ2n) is 3.79. The van der Waals surface area contributed by atoms with Crippen molar-refractivity contribution >= 4 is 0 Å². The minimum absolute atomic E-state index is 0.121. The molecule has 1 aromatic carbocycles. The SMILES string of the molecule is CC(C)CCc1cc(F)cc(F)c1F. The molecule has 0 aliphatic heterocycles. The Balaban J connectivity index is 2.85. The van der Waals surface area contributed by atoms with Crippen molar-refractivity contribution in [2.45, 2.75) is 26.7 Å². The normalized spacial score (nSPS) is 11.0. The van der Waals surface area contributed by atoms with E-state index in [4.69, 9.17) is 0 Å². The maximum absolute atomic E-state index is 13.1. The largest absolute Gasteiger partial charge is 0.207 e. The summed E-state index contributed by atoms with van der Waals surface area (Å²) in [5, 5.41) is 0. The van der Waals surface area contributed by atoms with Gasteiger partial charge in [0.2, 0.25) is 0 Å². The average Bonchev–Trinajstić information content (AvgIpc) is 2.08. The van der Waals surface area contributed by atoms with Crippen LogP contribution in [0.25, 0.3) is 0 Å². The molecule has 0 aliphatic rings. The summed E-state index contributed by atoms with van der Waals surface area (Å²) in [6.07, 6.45) is 1.10. The van der Waals surface area contributed by atoms with E-state index in [2.05, 4.69) is 0 Å². The lowest BCUT2D eigenvalue weighted by Gasteiger charge is -2.06. The van der Waals surface area contributed by atoms with E-state index >= 15 is 0 Å². The van der Waals surface area contributed by atoms with Gasteiger partial charge in [0, 0.05) is 6.07 Å². The molecule has 0 bridgehead atoms. The fourth-order valence-corrected chi connectivity index (χ4v) is 1.24. The van der Waals surface area contributed by atoms with Crippen molar-refractivity contribution in [3.05, 3.63) is 35.1 Å². The molecule has 0 N–H and O–H groups in total. The molecule has 0 unspecified atom stereocenters. The van der Waals surface area contributed by atoms with E-state index in [-0.39, 0.29) is 5.56 Å². The molecule has 14 heavy (non-hydrogen) atoms. The van der Waals surface area contributed by atoms with Crippen LogP contribution in [0.5, 0.6) is 0 Å². The van der Waals surface area contributed by atoms with Crippen LogP contribution in [0.1, 0.15) is 25.8 Å². The summed E-state index contributed by atoms with van der Waals surface area (Å²) in [5.41, 5.74) is 0.121. The Kier molecular flexibility index (Phi) is 3.55. The van der Waals surface area contributed by atoms with Crippen LogP contribution in [0.4, 0.5) is 13.2 Å². The van der Waals surface area contributed by atoms with Crippen LogP contribution in [0.15, 0.2) is 12.1 Å². The van der Waals surface area contributed by atoms with Gasteiger partial charge in [0.05, 0.1) is 0 Å². The third-order valence-corrected chi connectivity index (χ3v) is 2.06. The number of halogens is 3. The summed E-state index contributed by atoms with van der Waals surface area (Å²) in [7, 11) is 0. The van der Waals surface area contributed by atoms with Crippen LogP contribution in [0.3, 0.4) is 0 Å². The monoisotopic (exact) mass is 202 g/mol. The van der Waals surface area contributed by atoms with E-state index in [9.17, 15) is 13.2 Å². The van der Waals surface area contributed by atoms with Gasteiger partial charge in [-0.1, -0.05) is 13.8 Å². The molecule has 0 aromatic heterocycles. The van der Waals surface area contributed by atoms with Crippen molar-refractivity contribution in [3.8, 4) is 0 Å². The van der Waals surface area contributed by atoms with Crippen molar-refractivity contribution in [1.82, 2.24) is 0 Å². The molecule has 78 valence electrons. The Morgan fingerprint density at radius 1 is 1.14 bits per heavy atom. The maximum Gasteiger partial charge on any atom is 0.162 e. The molecule has 0 nitrogen and oxygen atoms in total. The van der Waals surface area contributed by atoms with Crippen LogP contribution in [0, 0.1) is 23.4 Å². The molecule has 0 saturated carbocycles. The highest BCUT2D eigenvalue weighted by Gasteiger charge is 2.10. The molecule has 0 saturated heterocycles. The van der Waals surface area contributed by atoms with Crippen LogP contribution in [-0.2, 0) is 6.42 Å². The minimum atomic E-state index is -1.11. The Bertz CT molecular complexity index is 319. The third kappa shape index (κ3) is 2.76. The van der Waals surface area contributed by atoms with E-state index in [0.29, 0.717) is 18.4 Å². The van der Waals surface area contributed by atoms with Gasteiger partial charge >= 0.3 is 0 Å². The summed E-state index contributed by atoms with van der Waals surface area (Å²) < 4.78 is 38.6. The lowest BCUT2D eigenvalue weighted by atomic mass is 10.0. The molecular weight excluding hydrogens is 189 g/mol. The predicted octanol–water partition coefficient (Wildman–Crippen LogP) is 3.69. The Labute approximate surface area is 81.8 Å². The zero-order valence-corrected chi connectivity index (χ0v) is 8.28. The van der Waals surface area contributed by atoms with E-state index in [0.717, 1.165) is 12.5 Å². The maximum atomic E-state index is 13.1. The molecule has 0 amide bonds. The van der Waals surface area contributed by atoms with Crippen molar-refractivity contribution in [2.75, 3.05) is 0 Å². The van der Waals surface area contributed by atoms with Crippen LogP contribution >= 0.6 is 0 Å². The highest BCUT2D eigenvalue weighted by Crippen LogP contribution is 2.17. The summed E-state index contributed by atoms with van der Waals surface area (Å²) >= 11 is 0. The second-order valence-corrected chi connectivity index (χ2v) is 3.79. The molecule has 0 aliphatic carbocycles. The third-order valence-electron chi connectivity index (χ3n) is 2.06. The fourth-order valence-electron chi connectivity index (χ4n) is 1.24. The van der Waals surface area contributed by atoms with Gasteiger partial charge in [0.25, 0.3) is 0 Å². The highest BCUT2D eigenvalue weighted by molar-refractivity contribution is 5.20. The van der Waals surface area contributed by atoms with Crippen molar-refractivity contribution in [2.24, 2.45) is 5.92 Å². The zero-order chi connectivity index (χ0) is 10.7. The molecule has 1 rings (SSSR count). The number of aryl methyl sites for hydroxylation is 1. The lowest BCUT2D eigenvalue weighted by molar-refractivity contribution is 0.477. The molecule has 0 radical (unpaired) electrons. The summed E-state index contributed by atoms with van der Waals surface area (Å²) in [5.74, 6) is -2.36. The van der Waals surface area contributed by atoms with Crippen LogP contribution in [0.2, 0.25) is 0 Å². The van der Waals surface area contributed by atoms with Gasteiger partial charge in [-0.15, -0.1) is 0 Å². The Hall–Kier alpha value is -0.990. The second kappa shape index (κ2) is 4.49. The quantitative estimate of drug-likeness (QED) is 0.656. The molecule has 0 fully saturated rings. The number of hydrogen-bond donors (Lipinski definition) is 0. The molecule has 0 atom stereocenters.